The Labute approximate surface area is 178 Å². The second-order valence-corrected chi connectivity index (χ2v) is 8.01. The van der Waals surface area contributed by atoms with Crippen molar-refractivity contribution in [1.82, 2.24) is 9.55 Å². The molecule has 0 bridgehead atoms. The summed E-state index contributed by atoms with van der Waals surface area (Å²) in [5, 5.41) is 3.34. The number of rotatable bonds is 6. The largest absolute Gasteiger partial charge is 0.465 e. The monoisotopic (exact) mass is 427 g/mol. The number of carbonyl (C=O) groups is 2. The van der Waals surface area contributed by atoms with Gasteiger partial charge in [-0.25, -0.2) is 9.78 Å². The number of methoxy groups -OCH3 is 1. The number of amides is 1. The first-order chi connectivity index (χ1) is 14.3. The summed E-state index contributed by atoms with van der Waals surface area (Å²) in [6.07, 6.45) is 2.93. The summed E-state index contributed by atoms with van der Waals surface area (Å²) < 4.78 is 6.09. The number of ether oxygens (including phenoxy) is 1. The van der Waals surface area contributed by atoms with Crippen molar-refractivity contribution in [3.63, 3.8) is 0 Å². The third-order valence-electron chi connectivity index (χ3n) is 5.29. The molecule has 0 aliphatic rings. The highest BCUT2D eigenvalue weighted by atomic mass is 32.1. The number of thiophene rings is 1. The highest BCUT2D eigenvalue weighted by Crippen LogP contribution is 2.28. The maximum Gasteiger partial charge on any atom is 0.348 e. The third-order valence-corrected chi connectivity index (χ3v) is 6.47. The Morgan fingerprint density at radius 3 is 2.43 bits per heavy atom. The summed E-state index contributed by atoms with van der Waals surface area (Å²) in [6.45, 7) is 7.42. The molecule has 7 nitrogen and oxygen atoms in total. The van der Waals surface area contributed by atoms with Crippen molar-refractivity contribution in [2.45, 2.75) is 46.6 Å². The Hall–Kier alpha value is -3.00. The highest BCUT2D eigenvalue weighted by molar-refractivity contribution is 7.20. The quantitative estimate of drug-likeness (QED) is 0.603. The molecule has 1 N–H and O–H groups in total. The number of fused-ring (bicyclic) bond motifs is 1. The van der Waals surface area contributed by atoms with Crippen LogP contribution in [0.15, 0.2) is 29.3 Å². The number of hydrogen-bond donors (Lipinski definition) is 1. The minimum atomic E-state index is -0.773. The molecule has 1 amide bonds. The minimum absolute atomic E-state index is 0.296. The molecule has 0 spiro atoms. The van der Waals surface area contributed by atoms with Crippen LogP contribution >= 0.6 is 11.3 Å². The number of nitrogens with one attached hydrogen (secondary N) is 1. The Morgan fingerprint density at radius 2 is 1.87 bits per heavy atom. The van der Waals surface area contributed by atoms with E-state index in [4.69, 9.17) is 4.74 Å². The van der Waals surface area contributed by atoms with E-state index in [1.54, 1.807) is 13.8 Å². The molecule has 0 aliphatic heterocycles. The van der Waals surface area contributed by atoms with E-state index in [1.807, 2.05) is 32.0 Å². The van der Waals surface area contributed by atoms with Crippen LogP contribution in [0.5, 0.6) is 0 Å². The minimum Gasteiger partial charge on any atom is -0.465 e. The Bertz CT molecular complexity index is 1160. The van der Waals surface area contributed by atoms with Crippen LogP contribution in [0.25, 0.3) is 10.2 Å². The van der Waals surface area contributed by atoms with Crippen LogP contribution in [-0.4, -0.2) is 28.5 Å². The predicted molar refractivity (Wildman–Crippen MR) is 118 cm³/mol. The number of aryl methyl sites for hydroxylation is 3. The molecule has 30 heavy (non-hydrogen) atoms. The number of aromatic nitrogens is 2. The topological polar surface area (TPSA) is 90.3 Å². The van der Waals surface area contributed by atoms with Gasteiger partial charge in [-0.15, -0.1) is 11.3 Å². The molecule has 8 heteroatoms. The van der Waals surface area contributed by atoms with Gasteiger partial charge in [-0.2, -0.15) is 0 Å². The summed E-state index contributed by atoms with van der Waals surface area (Å²) in [4.78, 5) is 43.2. The Morgan fingerprint density at radius 1 is 1.23 bits per heavy atom. The molecule has 2 heterocycles. The first-order valence-electron chi connectivity index (χ1n) is 9.84. The van der Waals surface area contributed by atoms with E-state index >= 15 is 0 Å². The Balaban J connectivity index is 1.99. The maximum atomic E-state index is 13.1. The van der Waals surface area contributed by atoms with Gasteiger partial charge in [0.05, 0.1) is 18.8 Å². The van der Waals surface area contributed by atoms with Crippen molar-refractivity contribution in [1.29, 1.82) is 0 Å². The van der Waals surface area contributed by atoms with Crippen molar-refractivity contribution < 1.29 is 14.3 Å². The van der Waals surface area contributed by atoms with Crippen LogP contribution in [0.4, 0.5) is 5.69 Å². The smallest absolute Gasteiger partial charge is 0.348 e. The lowest BCUT2D eigenvalue weighted by Crippen LogP contribution is -2.32. The zero-order chi connectivity index (χ0) is 22.0. The van der Waals surface area contributed by atoms with Gasteiger partial charge in [-0.05, 0) is 43.4 Å². The number of benzene rings is 1. The van der Waals surface area contributed by atoms with Crippen molar-refractivity contribution in [3.8, 4) is 0 Å². The molecule has 1 atom stereocenters. The average molecular weight is 428 g/mol. The molecule has 2 aromatic heterocycles. The van der Waals surface area contributed by atoms with Crippen LogP contribution in [-0.2, 0) is 22.4 Å². The van der Waals surface area contributed by atoms with Gasteiger partial charge >= 0.3 is 5.97 Å². The molecule has 0 saturated heterocycles. The van der Waals surface area contributed by atoms with Crippen LogP contribution < -0.4 is 10.9 Å². The summed E-state index contributed by atoms with van der Waals surface area (Å²) in [6, 6.07) is 5.19. The zero-order valence-electron chi connectivity index (χ0n) is 17.7. The summed E-state index contributed by atoms with van der Waals surface area (Å²) in [5.41, 5.74) is 3.07. The molecule has 0 fully saturated rings. The normalized spacial score (nSPS) is 12.0. The zero-order valence-corrected chi connectivity index (χ0v) is 18.6. The fourth-order valence-electron chi connectivity index (χ4n) is 3.46. The first kappa shape index (κ1) is 21.7. The van der Waals surface area contributed by atoms with Crippen molar-refractivity contribution in [2.75, 3.05) is 12.4 Å². The first-order valence-corrected chi connectivity index (χ1v) is 10.7. The fraction of sp³-hybridized carbons (Fsp3) is 0.364. The molecule has 3 aromatic rings. The van der Waals surface area contributed by atoms with E-state index < -0.39 is 12.0 Å². The molecule has 158 valence electrons. The standard InChI is InChI=1S/C22H25N3O4S/c1-6-14-9-8-10-15(7-2)17(14)24-19(26)13(4)25-11-23-20-16(21(25)27)12(3)18(30-20)22(28)29-5/h8-11,13H,6-7H2,1-5H3,(H,24,26). The van der Waals surface area contributed by atoms with Crippen LogP contribution in [0.3, 0.4) is 0 Å². The lowest BCUT2D eigenvalue weighted by atomic mass is 10.0. The SMILES string of the molecule is CCc1cccc(CC)c1NC(=O)C(C)n1cnc2sc(C(=O)OC)c(C)c2c1=O. The van der Waals surface area contributed by atoms with Gasteiger partial charge in [0.1, 0.15) is 15.7 Å². The van der Waals surface area contributed by atoms with Crippen LogP contribution in [0.2, 0.25) is 0 Å². The lowest BCUT2D eigenvalue weighted by molar-refractivity contribution is -0.118. The summed E-state index contributed by atoms with van der Waals surface area (Å²) in [7, 11) is 1.29. The van der Waals surface area contributed by atoms with Gasteiger partial charge in [0.15, 0.2) is 0 Å². The van der Waals surface area contributed by atoms with Gasteiger partial charge in [-0.3, -0.25) is 14.2 Å². The molecule has 0 saturated carbocycles. The van der Waals surface area contributed by atoms with E-state index in [2.05, 4.69) is 10.3 Å². The third kappa shape index (κ3) is 3.75. The number of anilines is 1. The predicted octanol–water partition coefficient (Wildman–Crippen LogP) is 3.88. The van der Waals surface area contributed by atoms with Gasteiger partial charge in [0, 0.05) is 5.69 Å². The molecule has 0 aliphatic carbocycles. The highest BCUT2D eigenvalue weighted by Gasteiger charge is 2.24. The second-order valence-electron chi connectivity index (χ2n) is 7.01. The van der Waals surface area contributed by atoms with E-state index in [1.165, 1.54) is 18.0 Å². The van der Waals surface area contributed by atoms with E-state index in [-0.39, 0.29) is 11.5 Å². The van der Waals surface area contributed by atoms with Crippen LogP contribution in [0, 0.1) is 6.92 Å². The van der Waals surface area contributed by atoms with E-state index in [0.29, 0.717) is 20.7 Å². The van der Waals surface area contributed by atoms with E-state index in [0.717, 1.165) is 41.0 Å². The molecular formula is C22H25N3O4S. The van der Waals surface area contributed by atoms with Gasteiger partial charge in [0.25, 0.3) is 5.56 Å². The number of para-hydroxylation sites is 1. The average Bonchev–Trinajstić information content (AvgIpc) is 3.10. The maximum absolute atomic E-state index is 13.1. The second kappa shape index (κ2) is 8.79. The number of hydrogen-bond acceptors (Lipinski definition) is 6. The lowest BCUT2D eigenvalue weighted by Gasteiger charge is -2.18. The molecule has 3 rings (SSSR count). The number of esters is 1. The fourth-order valence-corrected chi connectivity index (χ4v) is 4.52. The molecule has 0 radical (unpaired) electrons. The van der Waals surface area contributed by atoms with Gasteiger partial charge < -0.3 is 10.1 Å². The number of nitrogens with zero attached hydrogens (tertiary/aromatic N) is 2. The van der Waals surface area contributed by atoms with Gasteiger partial charge in [-0.1, -0.05) is 32.0 Å². The van der Waals surface area contributed by atoms with E-state index in [9.17, 15) is 14.4 Å². The summed E-state index contributed by atoms with van der Waals surface area (Å²) >= 11 is 1.11. The molecule has 1 unspecified atom stereocenters. The number of carbonyl (C=O) groups excluding carboxylic acids is 2. The molecule has 1 aromatic carbocycles. The van der Waals surface area contributed by atoms with Crippen molar-refractivity contribution >= 4 is 39.1 Å². The van der Waals surface area contributed by atoms with Crippen LogP contribution in [0.1, 0.15) is 53.2 Å². The van der Waals surface area contributed by atoms with Crippen molar-refractivity contribution in [2.24, 2.45) is 0 Å². The van der Waals surface area contributed by atoms with Crippen molar-refractivity contribution in [3.05, 3.63) is 56.4 Å². The Kier molecular flexibility index (Phi) is 6.36. The molecular weight excluding hydrogens is 402 g/mol. The van der Waals surface area contributed by atoms with Gasteiger partial charge in [0.2, 0.25) is 5.91 Å². The summed E-state index contributed by atoms with van der Waals surface area (Å²) in [5.74, 6) is -0.801.